The van der Waals surface area contributed by atoms with Crippen molar-refractivity contribution in [2.75, 3.05) is 39.1 Å². The molecule has 1 aliphatic heterocycles. The Morgan fingerprint density at radius 1 is 1.28 bits per heavy atom. The summed E-state index contributed by atoms with van der Waals surface area (Å²) in [6.07, 6.45) is 4.44. The highest BCUT2D eigenvalue weighted by Gasteiger charge is 2.49. The quantitative estimate of drug-likeness (QED) is 0.855. The zero-order valence-electron chi connectivity index (χ0n) is 15.0. The Balaban J connectivity index is 1.59. The van der Waals surface area contributed by atoms with Crippen LogP contribution in [-0.2, 0) is 9.59 Å². The molecule has 1 saturated heterocycles. The second kappa shape index (κ2) is 7.44. The molecule has 6 heteroatoms. The van der Waals surface area contributed by atoms with E-state index in [1.54, 1.807) is 26.2 Å². The van der Waals surface area contributed by atoms with Crippen molar-refractivity contribution in [1.29, 1.82) is 0 Å². The molecule has 0 radical (unpaired) electrons. The van der Waals surface area contributed by atoms with Gasteiger partial charge in [0.2, 0.25) is 5.91 Å². The molecule has 1 aromatic carbocycles. The van der Waals surface area contributed by atoms with E-state index in [-0.39, 0.29) is 23.8 Å². The van der Waals surface area contributed by atoms with Crippen molar-refractivity contribution in [1.82, 2.24) is 10.2 Å². The van der Waals surface area contributed by atoms with Gasteiger partial charge in [-0.25, -0.2) is 0 Å². The number of fused-ring (bicyclic) bond motifs is 1. The lowest BCUT2D eigenvalue weighted by Crippen LogP contribution is -2.44. The number of anilines is 1. The molecule has 1 aromatic rings. The highest BCUT2D eigenvalue weighted by Crippen LogP contribution is 2.44. The number of carbonyl (C=O) groups excluding carboxylic acids is 2. The Hall–Kier alpha value is -2.08. The topological polar surface area (TPSA) is 70.7 Å². The van der Waals surface area contributed by atoms with E-state index >= 15 is 0 Å². The fourth-order valence-electron chi connectivity index (χ4n) is 3.85. The molecule has 0 aromatic heterocycles. The van der Waals surface area contributed by atoms with Crippen molar-refractivity contribution >= 4 is 17.5 Å². The molecule has 0 unspecified atom stereocenters. The van der Waals surface area contributed by atoms with Crippen LogP contribution in [0.4, 0.5) is 5.69 Å². The summed E-state index contributed by atoms with van der Waals surface area (Å²) in [4.78, 5) is 26.0. The Morgan fingerprint density at radius 3 is 2.76 bits per heavy atom. The maximum absolute atomic E-state index is 12.9. The van der Waals surface area contributed by atoms with Gasteiger partial charge in [-0.05, 0) is 49.6 Å². The average Bonchev–Trinajstić information content (AvgIpc) is 3.06. The van der Waals surface area contributed by atoms with Crippen molar-refractivity contribution in [3.8, 4) is 5.75 Å². The van der Waals surface area contributed by atoms with Gasteiger partial charge < -0.3 is 20.3 Å². The number of hydrogen-bond acceptors (Lipinski definition) is 4. The van der Waals surface area contributed by atoms with E-state index in [9.17, 15) is 9.59 Å². The summed E-state index contributed by atoms with van der Waals surface area (Å²) in [5, 5.41) is 6.48. The molecule has 1 heterocycles. The summed E-state index contributed by atoms with van der Waals surface area (Å²) in [7, 11) is 3.39. The van der Waals surface area contributed by atoms with Gasteiger partial charge >= 0.3 is 0 Å². The van der Waals surface area contributed by atoms with Crippen molar-refractivity contribution in [2.24, 2.45) is 11.3 Å². The predicted molar refractivity (Wildman–Crippen MR) is 96.5 cm³/mol. The second-order valence-electron chi connectivity index (χ2n) is 7.29. The zero-order valence-corrected chi connectivity index (χ0v) is 15.0. The van der Waals surface area contributed by atoms with E-state index in [0.29, 0.717) is 11.7 Å². The molecule has 0 bridgehead atoms. The number of ether oxygens (including phenoxy) is 1. The lowest BCUT2D eigenvalue weighted by molar-refractivity contribution is -0.130. The van der Waals surface area contributed by atoms with Gasteiger partial charge in [0, 0.05) is 26.3 Å². The third-order valence-electron chi connectivity index (χ3n) is 5.46. The number of nitrogens with zero attached hydrogens (tertiary/aromatic N) is 1. The minimum atomic E-state index is -0.258. The van der Waals surface area contributed by atoms with Gasteiger partial charge in [-0.15, -0.1) is 0 Å². The smallest absolute Gasteiger partial charge is 0.259 e. The monoisotopic (exact) mass is 345 g/mol. The molecule has 2 aliphatic rings. The Bertz CT molecular complexity index is 629. The molecule has 0 spiro atoms. The summed E-state index contributed by atoms with van der Waals surface area (Å²) in [5.74, 6) is 1.09. The van der Waals surface area contributed by atoms with E-state index in [4.69, 9.17) is 4.74 Å². The Morgan fingerprint density at radius 2 is 2.04 bits per heavy atom. The second-order valence-corrected chi connectivity index (χ2v) is 7.29. The molecular formula is C19H27N3O3. The van der Waals surface area contributed by atoms with Gasteiger partial charge in [0.05, 0.1) is 5.41 Å². The van der Waals surface area contributed by atoms with E-state index in [2.05, 4.69) is 10.6 Å². The van der Waals surface area contributed by atoms with Crippen LogP contribution in [0.2, 0.25) is 0 Å². The Kier molecular flexibility index (Phi) is 5.27. The normalized spacial score (nSPS) is 25.1. The number of amides is 2. The lowest BCUT2D eigenvalue weighted by atomic mass is 9.67. The number of carbonyl (C=O) groups is 2. The molecule has 2 fully saturated rings. The standard InChI is InChI=1S/C19H27N3O3/c1-22(2)17(23)12-25-16-8-6-15(7-9-16)21-18(24)19-10-4-3-5-14(19)11-20-13-19/h6-9,14,20H,3-5,10-13H2,1-2H3,(H,21,24)/t14-,19+/m0/s1. The predicted octanol–water partition coefficient (Wildman–Crippen LogP) is 1.87. The van der Waals surface area contributed by atoms with E-state index in [1.807, 2.05) is 12.1 Å². The van der Waals surface area contributed by atoms with E-state index < -0.39 is 0 Å². The van der Waals surface area contributed by atoms with Crippen LogP contribution in [0.3, 0.4) is 0 Å². The van der Waals surface area contributed by atoms with Crippen LogP contribution in [0.15, 0.2) is 24.3 Å². The molecular weight excluding hydrogens is 318 g/mol. The minimum Gasteiger partial charge on any atom is -0.484 e. The summed E-state index contributed by atoms with van der Waals surface area (Å²) in [6, 6.07) is 7.21. The summed E-state index contributed by atoms with van der Waals surface area (Å²) >= 11 is 0. The third kappa shape index (κ3) is 3.79. The van der Waals surface area contributed by atoms with Crippen LogP contribution in [0.1, 0.15) is 25.7 Å². The van der Waals surface area contributed by atoms with Crippen molar-refractivity contribution < 1.29 is 14.3 Å². The van der Waals surface area contributed by atoms with Crippen LogP contribution >= 0.6 is 0 Å². The molecule has 1 saturated carbocycles. The molecule has 1 aliphatic carbocycles. The Labute approximate surface area is 148 Å². The number of hydrogen-bond donors (Lipinski definition) is 2. The highest BCUT2D eigenvalue weighted by atomic mass is 16.5. The van der Waals surface area contributed by atoms with Crippen LogP contribution in [-0.4, -0.2) is 50.5 Å². The summed E-state index contributed by atoms with van der Waals surface area (Å²) in [6.45, 7) is 1.73. The molecule has 2 atom stereocenters. The number of rotatable bonds is 5. The van der Waals surface area contributed by atoms with Crippen molar-refractivity contribution in [2.45, 2.75) is 25.7 Å². The molecule has 2 N–H and O–H groups in total. The van der Waals surface area contributed by atoms with Crippen LogP contribution < -0.4 is 15.4 Å². The first-order valence-corrected chi connectivity index (χ1v) is 8.96. The van der Waals surface area contributed by atoms with E-state index in [1.165, 1.54) is 11.3 Å². The SMILES string of the molecule is CN(C)C(=O)COc1ccc(NC(=O)[C@@]23CCCC[C@H]2CNC3)cc1. The fourth-order valence-corrected chi connectivity index (χ4v) is 3.85. The van der Waals surface area contributed by atoms with Crippen molar-refractivity contribution in [3.05, 3.63) is 24.3 Å². The molecule has 136 valence electrons. The fraction of sp³-hybridized carbons (Fsp3) is 0.579. The van der Waals surface area contributed by atoms with Gasteiger partial charge in [0.25, 0.3) is 5.91 Å². The summed E-state index contributed by atoms with van der Waals surface area (Å²) in [5.41, 5.74) is 0.507. The van der Waals surface area contributed by atoms with Gasteiger partial charge in [0.15, 0.2) is 6.61 Å². The maximum Gasteiger partial charge on any atom is 0.259 e. The number of nitrogens with one attached hydrogen (secondary N) is 2. The molecule has 2 amide bonds. The zero-order chi connectivity index (χ0) is 17.9. The van der Waals surface area contributed by atoms with Gasteiger partial charge in [-0.1, -0.05) is 12.8 Å². The third-order valence-corrected chi connectivity index (χ3v) is 5.46. The van der Waals surface area contributed by atoms with Gasteiger partial charge in [-0.2, -0.15) is 0 Å². The first-order chi connectivity index (χ1) is 12.0. The number of likely N-dealkylation sites (N-methyl/N-ethyl adjacent to an activating group) is 1. The average molecular weight is 345 g/mol. The van der Waals surface area contributed by atoms with Crippen LogP contribution in [0.5, 0.6) is 5.75 Å². The van der Waals surface area contributed by atoms with Gasteiger partial charge in [0.1, 0.15) is 5.75 Å². The maximum atomic E-state index is 12.9. The van der Waals surface area contributed by atoms with Crippen LogP contribution in [0.25, 0.3) is 0 Å². The van der Waals surface area contributed by atoms with Gasteiger partial charge in [-0.3, -0.25) is 9.59 Å². The van der Waals surface area contributed by atoms with E-state index in [0.717, 1.165) is 38.0 Å². The first-order valence-electron chi connectivity index (χ1n) is 8.96. The highest BCUT2D eigenvalue weighted by molar-refractivity contribution is 5.96. The number of benzene rings is 1. The minimum absolute atomic E-state index is 0.00909. The first kappa shape index (κ1) is 17.7. The molecule has 25 heavy (non-hydrogen) atoms. The van der Waals surface area contributed by atoms with Crippen LogP contribution in [0, 0.1) is 11.3 Å². The molecule has 6 nitrogen and oxygen atoms in total. The largest absolute Gasteiger partial charge is 0.484 e. The lowest BCUT2D eigenvalue weighted by Gasteiger charge is -2.37. The van der Waals surface area contributed by atoms with Crippen molar-refractivity contribution in [3.63, 3.8) is 0 Å². The molecule has 3 rings (SSSR count). The summed E-state index contributed by atoms with van der Waals surface area (Å²) < 4.78 is 5.46.